The lowest BCUT2D eigenvalue weighted by atomic mass is 9.94. The Balaban J connectivity index is 2.34. The van der Waals surface area contributed by atoms with Crippen molar-refractivity contribution in [3.05, 3.63) is 0 Å². The molecule has 3 heteroatoms. The Morgan fingerprint density at radius 1 is 1.29 bits per heavy atom. The highest BCUT2D eigenvalue weighted by Gasteiger charge is 2.21. The minimum absolute atomic E-state index is 0.00653. The first-order valence-corrected chi connectivity index (χ1v) is 5.40. The van der Waals surface area contributed by atoms with Crippen LogP contribution in [-0.4, -0.2) is 29.7 Å². The molecule has 0 aromatic carbocycles. The van der Waals surface area contributed by atoms with Crippen LogP contribution in [0.5, 0.6) is 0 Å². The quantitative estimate of drug-likeness (QED) is 0.645. The fourth-order valence-electron chi connectivity index (χ4n) is 1.92. The Morgan fingerprint density at radius 3 is 2.29 bits per heavy atom. The van der Waals surface area contributed by atoms with Gasteiger partial charge in [0.1, 0.15) is 5.78 Å². The van der Waals surface area contributed by atoms with E-state index in [9.17, 15) is 9.59 Å². The summed E-state index contributed by atoms with van der Waals surface area (Å²) in [5, 5.41) is 0. The van der Waals surface area contributed by atoms with Crippen molar-refractivity contribution in [1.82, 2.24) is 4.90 Å². The number of carbonyl (C=O) groups excluding carboxylic acids is 2. The van der Waals surface area contributed by atoms with Gasteiger partial charge >= 0.3 is 0 Å². The van der Waals surface area contributed by atoms with E-state index in [4.69, 9.17) is 0 Å². The largest absolute Gasteiger partial charge is 0.342 e. The van der Waals surface area contributed by atoms with Crippen LogP contribution in [0, 0.1) is 5.92 Å². The van der Waals surface area contributed by atoms with Gasteiger partial charge in [-0.05, 0) is 25.7 Å². The predicted octanol–water partition coefficient (Wildman–Crippen LogP) is 1.61. The van der Waals surface area contributed by atoms with E-state index < -0.39 is 0 Å². The highest BCUT2D eigenvalue weighted by Crippen LogP contribution is 2.20. The van der Waals surface area contributed by atoms with Gasteiger partial charge in [-0.3, -0.25) is 9.59 Å². The number of nitrogens with zero attached hydrogens (tertiary/aromatic N) is 1. The standard InChI is InChI=1S/C11H19NO2/c1-3-10-4-6-12(7-5-10)11(14)8-9(2)13/h10H,3-8H2,1-2H3. The van der Waals surface area contributed by atoms with Crippen LogP contribution in [0.4, 0.5) is 0 Å². The lowest BCUT2D eigenvalue weighted by molar-refractivity contribution is -0.135. The summed E-state index contributed by atoms with van der Waals surface area (Å²) in [6.45, 7) is 5.34. The van der Waals surface area contributed by atoms with Crippen LogP contribution in [-0.2, 0) is 9.59 Å². The molecule has 1 amide bonds. The molecule has 0 N–H and O–H groups in total. The summed E-state index contributed by atoms with van der Waals surface area (Å²) in [6.07, 6.45) is 3.48. The molecule has 0 bridgehead atoms. The highest BCUT2D eigenvalue weighted by molar-refractivity contribution is 5.96. The van der Waals surface area contributed by atoms with Crippen molar-refractivity contribution in [2.45, 2.75) is 39.5 Å². The second-order valence-electron chi connectivity index (χ2n) is 4.11. The Morgan fingerprint density at radius 2 is 1.86 bits per heavy atom. The Kier molecular flexibility index (Phi) is 4.11. The molecule has 0 aromatic rings. The minimum atomic E-state index is -0.0346. The third kappa shape index (κ3) is 3.13. The zero-order chi connectivity index (χ0) is 10.6. The van der Waals surface area contributed by atoms with Crippen molar-refractivity contribution < 1.29 is 9.59 Å². The number of rotatable bonds is 3. The molecule has 80 valence electrons. The first-order valence-electron chi connectivity index (χ1n) is 5.40. The van der Waals surface area contributed by atoms with Gasteiger partial charge < -0.3 is 4.90 Å². The predicted molar refractivity (Wildman–Crippen MR) is 54.9 cm³/mol. The molecule has 0 aromatic heterocycles. The van der Waals surface area contributed by atoms with Crippen LogP contribution in [0.2, 0.25) is 0 Å². The molecule has 0 unspecified atom stereocenters. The fraction of sp³-hybridized carbons (Fsp3) is 0.818. The fourth-order valence-corrected chi connectivity index (χ4v) is 1.92. The molecule has 1 saturated heterocycles. The van der Waals surface area contributed by atoms with Crippen LogP contribution < -0.4 is 0 Å². The molecule has 0 radical (unpaired) electrons. The van der Waals surface area contributed by atoms with Crippen LogP contribution in [0.25, 0.3) is 0 Å². The van der Waals surface area contributed by atoms with E-state index in [0.29, 0.717) is 0 Å². The molecular formula is C11H19NO2. The molecule has 1 aliphatic heterocycles. The average Bonchev–Trinajstić information content (AvgIpc) is 2.17. The Bertz CT molecular complexity index is 217. The van der Waals surface area contributed by atoms with Gasteiger partial charge in [-0.1, -0.05) is 13.3 Å². The number of piperidine rings is 1. The number of hydrogen-bond acceptors (Lipinski definition) is 2. The average molecular weight is 197 g/mol. The van der Waals surface area contributed by atoms with Gasteiger partial charge in [-0.25, -0.2) is 0 Å². The molecule has 0 spiro atoms. The van der Waals surface area contributed by atoms with Crippen molar-refractivity contribution in [2.24, 2.45) is 5.92 Å². The first kappa shape index (κ1) is 11.2. The molecule has 1 rings (SSSR count). The van der Waals surface area contributed by atoms with Crippen LogP contribution in [0.1, 0.15) is 39.5 Å². The van der Waals surface area contributed by atoms with Crippen molar-refractivity contribution >= 4 is 11.7 Å². The zero-order valence-corrected chi connectivity index (χ0v) is 9.08. The zero-order valence-electron chi connectivity index (χ0n) is 9.08. The first-order chi connectivity index (χ1) is 6.63. The molecule has 0 saturated carbocycles. The second kappa shape index (κ2) is 5.13. The van der Waals surface area contributed by atoms with E-state index in [1.54, 1.807) is 0 Å². The van der Waals surface area contributed by atoms with E-state index in [2.05, 4.69) is 6.92 Å². The molecule has 0 aliphatic carbocycles. The number of amides is 1. The van der Waals surface area contributed by atoms with Gasteiger partial charge in [0.15, 0.2) is 0 Å². The number of hydrogen-bond donors (Lipinski definition) is 0. The van der Waals surface area contributed by atoms with Gasteiger partial charge in [0.2, 0.25) is 5.91 Å². The van der Waals surface area contributed by atoms with Gasteiger partial charge in [0.05, 0.1) is 6.42 Å². The number of Topliss-reactive ketones (excluding diaryl/α,β-unsaturated/α-hetero) is 1. The maximum absolute atomic E-state index is 11.5. The summed E-state index contributed by atoms with van der Waals surface area (Å²) in [5.41, 5.74) is 0. The summed E-state index contributed by atoms with van der Waals surface area (Å²) in [4.78, 5) is 24.1. The molecule has 14 heavy (non-hydrogen) atoms. The summed E-state index contributed by atoms with van der Waals surface area (Å²) < 4.78 is 0. The molecule has 3 nitrogen and oxygen atoms in total. The summed E-state index contributed by atoms with van der Waals surface area (Å²) in [6, 6.07) is 0. The van der Waals surface area contributed by atoms with Crippen LogP contribution in [0.3, 0.4) is 0 Å². The normalized spacial score (nSPS) is 18.3. The lowest BCUT2D eigenvalue weighted by Gasteiger charge is -2.31. The molecular weight excluding hydrogens is 178 g/mol. The van der Waals surface area contributed by atoms with Crippen molar-refractivity contribution in [3.63, 3.8) is 0 Å². The molecule has 1 heterocycles. The Hall–Kier alpha value is -0.860. The van der Waals surface area contributed by atoms with Crippen LogP contribution in [0.15, 0.2) is 0 Å². The third-order valence-corrected chi connectivity index (χ3v) is 2.94. The van der Waals surface area contributed by atoms with Gasteiger partial charge in [0, 0.05) is 13.1 Å². The smallest absolute Gasteiger partial charge is 0.230 e. The third-order valence-electron chi connectivity index (χ3n) is 2.94. The maximum Gasteiger partial charge on any atom is 0.230 e. The summed E-state index contributed by atoms with van der Waals surface area (Å²) >= 11 is 0. The van der Waals surface area contributed by atoms with E-state index >= 15 is 0 Å². The highest BCUT2D eigenvalue weighted by atomic mass is 16.2. The van der Waals surface area contributed by atoms with Crippen molar-refractivity contribution in [3.8, 4) is 0 Å². The number of likely N-dealkylation sites (tertiary alicyclic amines) is 1. The summed E-state index contributed by atoms with van der Waals surface area (Å²) in [7, 11) is 0. The van der Waals surface area contributed by atoms with Gasteiger partial charge in [0.25, 0.3) is 0 Å². The van der Waals surface area contributed by atoms with Crippen molar-refractivity contribution in [1.29, 1.82) is 0 Å². The maximum atomic E-state index is 11.5. The van der Waals surface area contributed by atoms with Gasteiger partial charge in [-0.2, -0.15) is 0 Å². The monoisotopic (exact) mass is 197 g/mol. The lowest BCUT2D eigenvalue weighted by Crippen LogP contribution is -2.38. The van der Waals surface area contributed by atoms with E-state index in [0.717, 1.165) is 31.8 Å². The SMILES string of the molecule is CCC1CCN(C(=O)CC(C)=O)CC1. The number of ketones is 1. The van der Waals surface area contributed by atoms with Crippen molar-refractivity contribution in [2.75, 3.05) is 13.1 Å². The van der Waals surface area contributed by atoms with E-state index in [1.807, 2.05) is 4.90 Å². The molecule has 1 fully saturated rings. The Labute approximate surface area is 85.5 Å². The second-order valence-corrected chi connectivity index (χ2v) is 4.11. The van der Waals surface area contributed by atoms with Gasteiger partial charge in [-0.15, -0.1) is 0 Å². The topological polar surface area (TPSA) is 37.4 Å². The minimum Gasteiger partial charge on any atom is -0.342 e. The molecule has 1 aliphatic rings. The van der Waals surface area contributed by atoms with E-state index in [1.165, 1.54) is 13.3 Å². The van der Waals surface area contributed by atoms with E-state index in [-0.39, 0.29) is 18.1 Å². The number of carbonyl (C=O) groups is 2. The summed E-state index contributed by atoms with van der Waals surface area (Å²) in [5.74, 6) is 0.746. The molecule has 0 atom stereocenters. The van der Waals surface area contributed by atoms with Crippen LogP contribution >= 0.6 is 0 Å².